The first-order chi connectivity index (χ1) is 6.14. The fourth-order valence-electron chi connectivity index (χ4n) is 1.39. The van der Waals surface area contributed by atoms with Gasteiger partial charge >= 0.3 is 16.7 Å². The summed E-state index contributed by atoms with van der Waals surface area (Å²) >= 11 is 0. The summed E-state index contributed by atoms with van der Waals surface area (Å²) in [5.74, 6) is 0. The maximum Gasteiger partial charge on any atom is 0.459 e. The van der Waals surface area contributed by atoms with E-state index in [0.29, 0.717) is 12.8 Å². The Labute approximate surface area is 77.6 Å². The lowest BCUT2D eigenvalue weighted by Crippen LogP contribution is -2.21. The maximum atomic E-state index is 10.8. The third-order valence-electron chi connectivity index (χ3n) is 1.95. The summed E-state index contributed by atoms with van der Waals surface area (Å²) in [6.45, 7) is 0. The molecule has 0 aliphatic heterocycles. The highest BCUT2D eigenvalue weighted by atomic mass is 32.3. The van der Waals surface area contributed by atoms with Gasteiger partial charge in [-0.2, -0.15) is 8.42 Å². The molecule has 0 unspecified atom stereocenters. The smallest absolute Gasteiger partial charge is 0.281 e. The molecule has 1 saturated carbocycles. The molecule has 0 aromatic heterocycles. The number of nitrogens with zero attached hydrogens (tertiary/aromatic N) is 1. The molecule has 0 aromatic carbocycles. The molecule has 74 valence electrons. The summed E-state index contributed by atoms with van der Waals surface area (Å²) in [6, 6.07) is 0. The molecule has 0 heterocycles. The Kier molecular flexibility index (Phi) is 3.51. The van der Waals surface area contributed by atoms with Gasteiger partial charge in [0, 0.05) is 0 Å². The normalized spacial score (nSPS) is 19.3. The first-order valence-corrected chi connectivity index (χ1v) is 5.48. The van der Waals surface area contributed by atoms with Crippen LogP contribution < -0.4 is 0 Å². The zero-order valence-electron chi connectivity index (χ0n) is 7.10. The minimum absolute atomic E-state index is 0.313. The third kappa shape index (κ3) is 3.61. The lowest BCUT2D eigenvalue weighted by Gasteiger charge is -2.19. The zero-order chi connectivity index (χ0) is 9.73. The molecule has 1 rings (SSSR count). The lowest BCUT2D eigenvalue weighted by molar-refractivity contribution is 0.141. The van der Waals surface area contributed by atoms with Crippen LogP contribution in [0.1, 0.15) is 32.1 Å². The second-order valence-corrected chi connectivity index (χ2v) is 4.11. The second-order valence-electron chi connectivity index (χ2n) is 2.94. The van der Waals surface area contributed by atoms with Gasteiger partial charge in [-0.05, 0) is 12.8 Å². The highest BCUT2D eigenvalue weighted by molar-refractivity contribution is 7.82. The van der Waals surface area contributed by atoms with E-state index in [4.69, 9.17) is 5.26 Å². The van der Waals surface area contributed by atoms with Crippen LogP contribution in [-0.2, 0) is 18.8 Å². The van der Waals surface area contributed by atoms with Gasteiger partial charge in [0.1, 0.15) is 0 Å². The molecule has 1 fully saturated rings. The Bertz CT molecular complexity index is 286. The zero-order valence-corrected chi connectivity index (χ0v) is 7.92. The minimum Gasteiger partial charge on any atom is -0.281 e. The van der Waals surface area contributed by atoms with Gasteiger partial charge in [-0.15, -0.1) is 5.26 Å². The van der Waals surface area contributed by atoms with Crippen LogP contribution in [0.3, 0.4) is 0 Å². The predicted molar refractivity (Wildman–Crippen MR) is 43.6 cm³/mol. The van der Waals surface area contributed by atoms with E-state index in [9.17, 15) is 8.42 Å². The van der Waals surface area contributed by atoms with Gasteiger partial charge in [-0.25, -0.2) is 4.18 Å². The Morgan fingerprint density at radius 3 is 2.38 bits per heavy atom. The number of nitriles is 1. The fraction of sp³-hybridized carbons (Fsp3) is 0.857. The molecule has 0 amide bonds. The molecule has 1 aliphatic rings. The Morgan fingerprint density at radius 1 is 1.23 bits per heavy atom. The molecular weight excluding hydrogens is 194 g/mol. The third-order valence-corrected chi connectivity index (χ3v) is 2.73. The molecule has 0 aromatic rings. The van der Waals surface area contributed by atoms with Crippen LogP contribution in [0.4, 0.5) is 0 Å². The van der Waals surface area contributed by atoms with Crippen molar-refractivity contribution in [2.45, 2.75) is 38.2 Å². The monoisotopic (exact) mass is 205 g/mol. The summed E-state index contributed by atoms with van der Waals surface area (Å²) in [6.07, 6.45) is 5.24. The van der Waals surface area contributed by atoms with E-state index in [0.717, 1.165) is 25.5 Å². The summed E-state index contributed by atoms with van der Waals surface area (Å²) < 4.78 is 30.1. The van der Waals surface area contributed by atoms with Crippen LogP contribution >= 0.6 is 0 Å². The first kappa shape index (κ1) is 10.3. The summed E-state index contributed by atoms with van der Waals surface area (Å²) in [4.78, 5) is 0. The second kappa shape index (κ2) is 4.44. The molecule has 0 radical (unpaired) electrons. The molecule has 13 heavy (non-hydrogen) atoms. The largest absolute Gasteiger partial charge is 0.459 e. The van der Waals surface area contributed by atoms with Crippen molar-refractivity contribution in [2.24, 2.45) is 0 Å². The van der Waals surface area contributed by atoms with E-state index < -0.39 is 10.4 Å². The molecule has 5 nitrogen and oxygen atoms in total. The number of rotatable bonds is 3. The van der Waals surface area contributed by atoms with E-state index in [1.165, 1.54) is 0 Å². The van der Waals surface area contributed by atoms with Gasteiger partial charge in [0.25, 0.3) is 0 Å². The van der Waals surface area contributed by atoms with Crippen molar-refractivity contribution >= 4 is 10.4 Å². The topological polar surface area (TPSA) is 76.4 Å². The van der Waals surface area contributed by atoms with Crippen molar-refractivity contribution in [3.63, 3.8) is 0 Å². The molecule has 0 N–H and O–H groups in total. The van der Waals surface area contributed by atoms with Crippen molar-refractivity contribution < 1.29 is 16.8 Å². The molecule has 6 heteroatoms. The SMILES string of the molecule is N#COS(=O)(=O)OC1CCCCC1. The van der Waals surface area contributed by atoms with E-state index in [-0.39, 0.29) is 6.10 Å². The Morgan fingerprint density at radius 2 is 1.85 bits per heavy atom. The maximum absolute atomic E-state index is 10.8. The average Bonchev–Trinajstić information content (AvgIpc) is 2.04. The van der Waals surface area contributed by atoms with Crippen LogP contribution in [0.2, 0.25) is 0 Å². The van der Waals surface area contributed by atoms with Crippen LogP contribution in [0.15, 0.2) is 0 Å². The summed E-state index contributed by atoms with van der Waals surface area (Å²) in [5, 5.41) is 8.00. The van der Waals surface area contributed by atoms with Gasteiger partial charge in [0.05, 0.1) is 6.10 Å². The molecule has 0 saturated heterocycles. The van der Waals surface area contributed by atoms with Crippen molar-refractivity contribution in [3.05, 3.63) is 0 Å². The van der Waals surface area contributed by atoms with E-state index in [2.05, 4.69) is 8.37 Å². The van der Waals surface area contributed by atoms with Crippen molar-refractivity contribution in [2.75, 3.05) is 0 Å². The first-order valence-electron chi connectivity index (χ1n) is 4.15. The summed E-state index contributed by atoms with van der Waals surface area (Å²) in [7, 11) is -4.09. The standard InChI is InChI=1S/C7H11NO4S/c8-6-11-13(9,10)12-7-4-2-1-3-5-7/h7H,1-5H2. The Hall–Kier alpha value is -0.800. The Balaban J connectivity index is 2.43. The van der Waals surface area contributed by atoms with Gasteiger partial charge in [0.15, 0.2) is 0 Å². The lowest BCUT2D eigenvalue weighted by atomic mass is 9.98. The average molecular weight is 205 g/mol. The molecule has 0 atom stereocenters. The highest BCUT2D eigenvalue weighted by Gasteiger charge is 2.22. The summed E-state index contributed by atoms with van der Waals surface area (Å²) in [5.41, 5.74) is 0. The number of hydrogen-bond acceptors (Lipinski definition) is 5. The minimum atomic E-state index is -4.09. The van der Waals surface area contributed by atoms with Gasteiger partial charge in [-0.1, -0.05) is 19.3 Å². The van der Waals surface area contributed by atoms with Gasteiger partial charge in [0.2, 0.25) is 0 Å². The van der Waals surface area contributed by atoms with Crippen molar-refractivity contribution in [1.29, 1.82) is 5.26 Å². The fourth-order valence-corrected chi connectivity index (χ4v) is 2.05. The molecular formula is C7H11NO4S. The van der Waals surface area contributed by atoms with Gasteiger partial charge < -0.3 is 0 Å². The van der Waals surface area contributed by atoms with Crippen molar-refractivity contribution in [3.8, 4) is 6.26 Å². The molecule has 0 bridgehead atoms. The highest BCUT2D eigenvalue weighted by Crippen LogP contribution is 2.21. The van der Waals surface area contributed by atoms with E-state index in [1.807, 2.05) is 0 Å². The van der Waals surface area contributed by atoms with E-state index in [1.54, 1.807) is 0 Å². The predicted octanol–water partition coefficient (Wildman–Crippen LogP) is 1.08. The van der Waals surface area contributed by atoms with Crippen LogP contribution in [0.25, 0.3) is 0 Å². The molecule has 1 aliphatic carbocycles. The number of hydrogen-bond donors (Lipinski definition) is 0. The van der Waals surface area contributed by atoms with Crippen LogP contribution in [0, 0.1) is 11.5 Å². The molecule has 0 spiro atoms. The quantitative estimate of drug-likeness (QED) is 0.644. The van der Waals surface area contributed by atoms with Crippen molar-refractivity contribution in [1.82, 2.24) is 0 Å². The van der Waals surface area contributed by atoms with Crippen LogP contribution in [-0.4, -0.2) is 14.5 Å². The van der Waals surface area contributed by atoms with E-state index >= 15 is 0 Å². The van der Waals surface area contributed by atoms with Crippen LogP contribution in [0.5, 0.6) is 0 Å². The van der Waals surface area contributed by atoms with Gasteiger partial charge in [-0.3, -0.25) is 4.18 Å².